The minimum absolute atomic E-state index is 0.347. The van der Waals surface area contributed by atoms with Crippen molar-refractivity contribution in [3.63, 3.8) is 0 Å². The Balaban J connectivity index is 1.95. The van der Waals surface area contributed by atoms with Crippen molar-refractivity contribution >= 4 is 0 Å². The zero-order valence-electron chi connectivity index (χ0n) is 7.16. The van der Waals surface area contributed by atoms with Crippen molar-refractivity contribution in [2.75, 3.05) is 20.0 Å². The normalized spacial score (nSPS) is 20.0. The Labute approximate surface area is 76.2 Å². The number of hydrogen-bond donors (Lipinski definition) is 0. The van der Waals surface area contributed by atoms with Crippen LogP contribution in [0.2, 0.25) is 0 Å². The molecule has 0 unspecified atom stereocenters. The molecule has 68 valence electrons. The molecule has 3 nitrogen and oxygen atoms in total. The largest absolute Gasteiger partial charge is 0.454 e. The number of rotatable bonds is 1. The van der Waals surface area contributed by atoms with Crippen LogP contribution in [-0.4, -0.2) is 20.0 Å². The quantitative estimate of drug-likeness (QED) is 0.652. The molecule has 3 heteroatoms. The lowest BCUT2D eigenvalue weighted by atomic mass is 9.97. The van der Waals surface area contributed by atoms with E-state index in [1.807, 2.05) is 6.07 Å². The Hall–Kier alpha value is -1.22. The second-order valence-corrected chi connectivity index (χ2v) is 3.35. The predicted molar refractivity (Wildman–Crippen MR) is 46.1 cm³/mol. The smallest absolute Gasteiger partial charge is 0.231 e. The highest BCUT2D eigenvalue weighted by atomic mass is 16.7. The van der Waals surface area contributed by atoms with Crippen molar-refractivity contribution < 1.29 is 14.2 Å². The van der Waals surface area contributed by atoms with Gasteiger partial charge in [0.05, 0.1) is 13.2 Å². The SMILES string of the molecule is c1cc2c(cc1C1COC1)OCO2. The summed E-state index contributed by atoms with van der Waals surface area (Å²) in [7, 11) is 0. The van der Waals surface area contributed by atoms with Crippen LogP contribution in [0.5, 0.6) is 11.5 Å². The fraction of sp³-hybridized carbons (Fsp3) is 0.400. The molecule has 3 rings (SSSR count). The van der Waals surface area contributed by atoms with E-state index in [0.29, 0.717) is 12.7 Å². The summed E-state index contributed by atoms with van der Waals surface area (Å²) in [5.41, 5.74) is 1.29. The van der Waals surface area contributed by atoms with Gasteiger partial charge in [-0.2, -0.15) is 0 Å². The van der Waals surface area contributed by atoms with E-state index in [-0.39, 0.29) is 0 Å². The van der Waals surface area contributed by atoms with Gasteiger partial charge in [-0.25, -0.2) is 0 Å². The van der Waals surface area contributed by atoms with Crippen LogP contribution in [0.4, 0.5) is 0 Å². The molecule has 0 bridgehead atoms. The third-order valence-corrected chi connectivity index (χ3v) is 2.51. The molecule has 2 heterocycles. The highest BCUT2D eigenvalue weighted by Gasteiger charge is 2.23. The molecule has 0 aromatic heterocycles. The van der Waals surface area contributed by atoms with Gasteiger partial charge in [-0.3, -0.25) is 0 Å². The Morgan fingerprint density at radius 3 is 2.69 bits per heavy atom. The van der Waals surface area contributed by atoms with Crippen molar-refractivity contribution in [2.24, 2.45) is 0 Å². The lowest BCUT2D eigenvalue weighted by Crippen LogP contribution is -2.24. The molecule has 1 fully saturated rings. The fourth-order valence-corrected chi connectivity index (χ4v) is 1.60. The van der Waals surface area contributed by atoms with Gasteiger partial charge in [-0.05, 0) is 17.7 Å². The molecule has 0 amide bonds. The van der Waals surface area contributed by atoms with Gasteiger partial charge < -0.3 is 14.2 Å². The van der Waals surface area contributed by atoms with Gasteiger partial charge in [-0.15, -0.1) is 0 Å². The van der Waals surface area contributed by atoms with Crippen LogP contribution in [0.25, 0.3) is 0 Å². The molecule has 13 heavy (non-hydrogen) atoms. The summed E-state index contributed by atoms with van der Waals surface area (Å²) in [6.45, 7) is 2.01. The predicted octanol–water partition coefficient (Wildman–Crippen LogP) is 1.53. The molecule has 0 saturated carbocycles. The van der Waals surface area contributed by atoms with Gasteiger partial charge in [0, 0.05) is 5.92 Å². The van der Waals surface area contributed by atoms with Gasteiger partial charge in [-0.1, -0.05) is 6.07 Å². The molecule has 0 aliphatic carbocycles. The molecule has 0 N–H and O–H groups in total. The number of fused-ring (bicyclic) bond motifs is 1. The molecular formula is C10H10O3. The van der Waals surface area contributed by atoms with E-state index in [9.17, 15) is 0 Å². The van der Waals surface area contributed by atoms with Crippen LogP contribution in [0, 0.1) is 0 Å². The summed E-state index contributed by atoms with van der Waals surface area (Å²) in [5.74, 6) is 2.27. The standard InChI is InChI=1S/C10H10O3/c1-2-9-10(13-6-12-9)3-7(1)8-4-11-5-8/h1-3,8H,4-6H2. The third-order valence-electron chi connectivity index (χ3n) is 2.51. The number of hydrogen-bond acceptors (Lipinski definition) is 3. The first kappa shape index (κ1) is 7.21. The first-order chi connectivity index (χ1) is 6.43. The summed E-state index contributed by atoms with van der Waals surface area (Å²) in [6.07, 6.45) is 0. The Kier molecular flexibility index (Phi) is 1.46. The van der Waals surface area contributed by atoms with Crippen LogP contribution in [-0.2, 0) is 4.74 Å². The van der Waals surface area contributed by atoms with E-state index in [0.717, 1.165) is 24.7 Å². The lowest BCUT2D eigenvalue weighted by Gasteiger charge is -2.26. The van der Waals surface area contributed by atoms with E-state index in [4.69, 9.17) is 14.2 Å². The minimum Gasteiger partial charge on any atom is -0.454 e. The topological polar surface area (TPSA) is 27.7 Å². The zero-order chi connectivity index (χ0) is 8.67. The van der Waals surface area contributed by atoms with Gasteiger partial charge in [0.25, 0.3) is 0 Å². The summed E-state index contributed by atoms with van der Waals surface area (Å²) in [5, 5.41) is 0. The zero-order valence-corrected chi connectivity index (χ0v) is 7.16. The van der Waals surface area contributed by atoms with Crippen molar-refractivity contribution in [1.82, 2.24) is 0 Å². The summed E-state index contributed by atoms with van der Waals surface area (Å²) in [6, 6.07) is 6.10. The van der Waals surface area contributed by atoms with E-state index < -0.39 is 0 Å². The first-order valence-electron chi connectivity index (χ1n) is 4.41. The van der Waals surface area contributed by atoms with Gasteiger partial charge in [0.1, 0.15) is 0 Å². The Morgan fingerprint density at radius 1 is 1.08 bits per heavy atom. The lowest BCUT2D eigenvalue weighted by molar-refractivity contribution is 0.00837. The average molecular weight is 178 g/mol. The Morgan fingerprint density at radius 2 is 1.92 bits per heavy atom. The van der Waals surface area contributed by atoms with Crippen LogP contribution >= 0.6 is 0 Å². The molecule has 0 radical (unpaired) electrons. The van der Waals surface area contributed by atoms with Crippen LogP contribution in [0.15, 0.2) is 18.2 Å². The van der Waals surface area contributed by atoms with Gasteiger partial charge >= 0.3 is 0 Å². The summed E-state index contributed by atoms with van der Waals surface area (Å²) >= 11 is 0. The maximum Gasteiger partial charge on any atom is 0.231 e. The maximum atomic E-state index is 5.29. The number of benzene rings is 1. The second kappa shape index (κ2) is 2.64. The highest BCUT2D eigenvalue weighted by molar-refractivity contribution is 5.45. The molecular weight excluding hydrogens is 168 g/mol. The van der Waals surface area contributed by atoms with Crippen LogP contribution in [0.1, 0.15) is 11.5 Å². The molecule has 1 saturated heterocycles. The molecule has 0 atom stereocenters. The molecule has 1 aromatic rings. The monoisotopic (exact) mass is 178 g/mol. The van der Waals surface area contributed by atoms with Gasteiger partial charge in [0.15, 0.2) is 11.5 Å². The van der Waals surface area contributed by atoms with Crippen molar-refractivity contribution in [3.8, 4) is 11.5 Å². The molecule has 2 aliphatic heterocycles. The van der Waals surface area contributed by atoms with E-state index in [1.165, 1.54) is 5.56 Å². The van der Waals surface area contributed by atoms with Crippen LogP contribution < -0.4 is 9.47 Å². The minimum atomic E-state index is 0.347. The van der Waals surface area contributed by atoms with E-state index in [2.05, 4.69) is 12.1 Å². The van der Waals surface area contributed by atoms with Crippen molar-refractivity contribution in [3.05, 3.63) is 23.8 Å². The molecule has 2 aliphatic rings. The van der Waals surface area contributed by atoms with E-state index in [1.54, 1.807) is 0 Å². The first-order valence-corrected chi connectivity index (χ1v) is 4.41. The van der Waals surface area contributed by atoms with Crippen LogP contribution in [0.3, 0.4) is 0 Å². The number of ether oxygens (including phenoxy) is 3. The van der Waals surface area contributed by atoms with Gasteiger partial charge in [0.2, 0.25) is 6.79 Å². The van der Waals surface area contributed by atoms with Crippen molar-refractivity contribution in [2.45, 2.75) is 5.92 Å². The summed E-state index contributed by atoms with van der Waals surface area (Å²) in [4.78, 5) is 0. The Bertz CT molecular complexity index is 331. The second-order valence-electron chi connectivity index (χ2n) is 3.35. The average Bonchev–Trinajstić information content (AvgIpc) is 2.47. The fourth-order valence-electron chi connectivity index (χ4n) is 1.60. The highest BCUT2D eigenvalue weighted by Crippen LogP contribution is 2.36. The molecule has 1 aromatic carbocycles. The third kappa shape index (κ3) is 1.08. The molecule has 0 spiro atoms. The van der Waals surface area contributed by atoms with Crippen molar-refractivity contribution in [1.29, 1.82) is 0 Å². The van der Waals surface area contributed by atoms with E-state index >= 15 is 0 Å². The maximum absolute atomic E-state index is 5.29. The summed E-state index contributed by atoms with van der Waals surface area (Å²) < 4.78 is 15.7.